The molecule has 1 aromatic rings. The third kappa shape index (κ3) is 4.57. The van der Waals surface area contributed by atoms with E-state index in [1.165, 1.54) is 0 Å². The molecular weight excluding hydrogens is 212 g/mol. The molecule has 0 spiro atoms. The van der Waals surface area contributed by atoms with Crippen LogP contribution in [0, 0.1) is 12.3 Å². The van der Waals surface area contributed by atoms with E-state index in [2.05, 4.69) is 5.32 Å². The van der Waals surface area contributed by atoms with Gasteiger partial charge in [0.1, 0.15) is 0 Å². The van der Waals surface area contributed by atoms with Crippen LogP contribution in [0.2, 0.25) is 0 Å². The summed E-state index contributed by atoms with van der Waals surface area (Å²) in [5.41, 5.74) is 7.88. The highest BCUT2D eigenvalue weighted by molar-refractivity contribution is 5.91. The molecule has 0 bridgehead atoms. The van der Waals surface area contributed by atoms with Crippen molar-refractivity contribution in [2.75, 3.05) is 5.32 Å². The summed E-state index contributed by atoms with van der Waals surface area (Å²) in [7, 11) is 0. The normalized spacial score (nSPS) is 13.2. The smallest absolute Gasteiger partial charge is 0.225 e. The van der Waals surface area contributed by atoms with Gasteiger partial charge in [-0.2, -0.15) is 0 Å². The van der Waals surface area contributed by atoms with Crippen molar-refractivity contribution < 1.29 is 4.79 Å². The number of hydrogen-bond donors (Lipinski definition) is 2. The monoisotopic (exact) mass is 234 g/mol. The summed E-state index contributed by atoms with van der Waals surface area (Å²) >= 11 is 0. The van der Waals surface area contributed by atoms with E-state index < -0.39 is 0 Å². The number of carbonyl (C=O) groups is 1. The maximum Gasteiger partial charge on any atom is 0.225 e. The summed E-state index contributed by atoms with van der Waals surface area (Å²) in [5.74, 6) is -0.0296. The fraction of sp³-hybridized carbons (Fsp3) is 0.500. The predicted octanol–water partition coefficient (Wildman–Crippen LogP) is 2.70. The van der Waals surface area contributed by atoms with Crippen molar-refractivity contribution in [3.63, 3.8) is 0 Å². The lowest BCUT2D eigenvalue weighted by molar-refractivity contribution is -0.117. The van der Waals surface area contributed by atoms with Gasteiger partial charge in [0.05, 0.1) is 0 Å². The summed E-state index contributed by atoms with van der Waals surface area (Å²) in [6, 6.07) is 7.62. The van der Waals surface area contributed by atoms with Gasteiger partial charge in [0, 0.05) is 18.2 Å². The van der Waals surface area contributed by atoms with E-state index in [1.54, 1.807) is 0 Å². The molecule has 1 amide bonds. The maximum absolute atomic E-state index is 11.8. The number of nitrogens with one attached hydrogen (secondary N) is 1. The van der Waals surface area contributed by atoms with Crippen LogP contribution >= 0.6 is 0 Å². The molecule has 3 heteroatoms. The lowest BCUT2D eigenvalue weighted by Crippen LogP contribution is -2.38. The molecule has 0 saturated heterocycles. The second kappa shape index (κ2) is 5.32. The first-order valence-electron chi connectivity index (χ1n) is 5.91. The Morgan fingerprint density at radius 1 is 1.41 bits per heavy atom. The van der Waals surface area contributed by atoms with Crippen molar-refractivity contribution in [1.82, 2.24) is 0 Å². The van der Waals surface area contributed by atoms with E-state index in [9.17, 15) is 4.79 Å². The fourth-order valence-corrected chi connectivity index (χ4v) is 1.44. The number of rotatable bonds is 3. The molecule has 1 unspecified atom stereocenters. The lowest BCUT2D eigenvalue weighted by atomic mass is 9.85. The first-order valence-corrected chi connectivity index (χ1v) is 5.91. The van der Waals surface area contributed by atoms with Crippen LogP contribution < -0.4 is 11.1 Å². The van der Waals surface area contributed by atoms with Crippen LogP contribution in [0.25, 0.3) is 0 Å². The third-order valence-corrected chi connectivity index (χ3v) is 2.82. The van der Waals surface area contributed by atoms with Gasteiger partial charge in [-0.3, -0.25) is 4.79 Å². The number of aryl methyl sites for hydroxylation is 1. The molecule has 0 radical (unpaired) electrons. The number of benzene rings is 1. The average Bonchev–Trinajstić information content (AvgIpc) is 2.15. The van der Waals surface area contributed by atoms with Crippen molar-refractivity contribution in [2.24, 2.45) is 11.1 Å². The van der Waals surface area contributed by atoms with Crippen LogP contribution in [-0.2, 0) is 4.79 Å². The molecule has 3 nitrogen and oxygen atoms in total. The second-order valence-corrected chi connectivity index (χ2v) is 5.59. The van der Waals surface area contributed by atoms with Gasteiger partial charge in [0.15, 0.2) is 0 Å². The van der Waals surface area contributed by atoms with Crippen LogP contribution in [0.3, 0.4) is 0 Å². The first-order chi connectivity index (χ1) is 7.79. The zero-order chi connectivity index (χ0) is 13.1. The molecule has 0 aliphatic heterocycles. The molecule has 0 saturated carbocycles. The van der Waals surface area contributed by atoms with Gasteiger partial charge >= 0.3 is 0 Å². The fourth-order valence-electron chi connectivity index (χ4n) is 1.44. The van der Waals surface area contributed by atoms with E-state index in [0.717, 1.165) is 11.3 Å². The Morgan fingerprint density at radius 3 is 2.59 bits per heavy atom. The molecule has 0 aliphatic carbocycles. The minimum Gasteiger partial charge on any atom is -0.327 e. The highest BCUT2D eigenvalue weighted by Crippen LogP contribution is 2.20. The van der Waals surface area contributed by atoms with Crippen molar-refractivity contribution in [3.05, 3.63) is 29.8 Å². The van der Waals surface area contributed by atoms with Gasteiger partial charge in [-0.25, -0.2) is 0 Å². The van der Waals surface area contributed by atoms with E-state index in [1.807, 2.05) is 52.0 Å². The van der Waals surface area contributed by atoms with E-state index in [0.29, 0.717) is 6.42 Å². The molecule has 0 fully saturated rings. The van der Waals surface area contributed by atoms with Crippen molar-refractivity contribution >= 4 is 11.6 Å². The highest BCUT2D eigenvalue weighted by Gasteiger charge is 2.23. The molecule has 94 valence electrons. The molecule has 17 heavy (non-hydrogen) atoms. The molecule has 1 rings (SSSR count). The minimum atomic E-state index is -0.132. The van der Waals surface area contributed by atoms with Crippen molar-refractivity contribution in [3.8, 4) is 0 Å². The second-order valence-electron chi connectivity index (χ2n) is 5.59. The van der Waals surface area contributed by atoms with Gasteiger partial charge in [0.25, 0.3) is 0 Å². The van der Waals surface area contributed by atoms with E-state index in [4.69, 9.17) is 5.73 Å². The zero-order valence-electron chi connectivity index (χ0n) is 11.1. The largest absolute Gasteiger partial charge is 0.327 e. The molecule has 1 atom stereocenters. The van der Waals surface area contributed by atoms with Crippen LogP contribution in [0.15, 0.2) is 24.3 Å². The predicted molar refractivity (Wildman–Crippen MR) is 71.9 cm³/mol. The van der Waals surface area contributed by atoms with Crippen LogP contribution in [0.4, 0.5) is 5.69 Å². The molecule has 0 aliphatic rings. The molecule has 0 heterocycles. The highest BCUT2D eigenvalue weighted by atomic mass is 16.1. The van der Waals surface area contributed by atoms with Gasteiger partial charge in [-0.05, 0) is 30.0 Å². The van der Waals surface area contributed by atoms with Gasteiger partial charge in [-0.15, -0.1) is 0 Å². The summed E-state index contributed by atoms with van der Waals surface area (Å²) in [5, 5.41) is 2.87. The zero-order valence-corrected chi connectivity index (χ0v) is 11.1. The molecule has 3 N–H and O–H groups in total. The minimum absolute atomic E-state index is 0.0296. The number of amides is 1. The maximum atomic E-state index is 11.8. The van der Waals surface area contributed by atoms with E-state index in [-0.39, 0.29) is 17.4 Å². The number of anilines is 1. The molecular formula is C14H22N2O. The average molecular weight is 234 g/mol. The standard InChI is InChI=1S/C14H22N2O/c1-10-6-5-7-11(8-10)16-13(17)9-12(15)14(2,3)4/h5-8,12H,9,15H2,1-4H3,(H,16,17). The van der Waals surface area contributed by atoms with Gasteiger partial charge in [-0.1, -0.05) is 32.9 Å². The summed E-state index contributed by atoms with van der Waals surface area (Å²) < 4.78 is 0. The SMILES string of the molecule is Cc1cccc(NC(=O)CC(N)C(C)(C)C)c1. The Kier molecular flexibility index (Phi) is 4.29. The van der Waals surface area contributed by atoms with Crippen molar-refractivity contribution in [1.29, 1.82) is 0 Å². The Balaban J connectivity index is 2.56. The Bertz CT molecular complexity index is 393. The molecule has 0 aromatic heterocycles. The van der Waals surface area contributed by atoms with Crippen LogP contribution in [-0.4, -0.2) is 11.9 Å². The van der Waals surface area contributed by atoms with E-state index >= 15 is 0 Å². The number of hydrogen-bond acceptors (Lipinski definition) is 2. The van der Waals surface area contributed by atoms with Gasteiger partial charge < -0.3 is 11.1 Å². The number of carbonyl (C=O) groups excluding carboxylic acids is 1. The Labute approximate surface area is 103 Å². The van der Waals surface area contributed by atoms with Gasteiger partial charge in [0.2, 0.25) is 5.91 Å². The van der Waals surface area contributed by atoms with Crippen LogP contribution in [0.5, 0.6) is 0 Å². The Hall–Kier alpha value is -1.35. The summed E-state index contributed by atoms with van der Waals surface area (Å²) in [6.45, 7) is 8.11. The quantitative estimate of drug-likeness (QED) is 0.844. The summed E-state index contributed by atoms with van der Waals surface area (Å²) in [6.07, 6.45) is 0.345. The Morgan fingerprint density at radius 2 is 2.06 bits per heavy atom. The topological polar surface area (TPSA) is 55.1 Å². The summed E-state index contributed by atoms with van der Waals surface area (Å²) in [4.78, 5) is 11.8. The van der Waals surface area contributed by atoms with Crippen LogP contribution in [0.1, 0.15) is 32.8 Å². The number of nitrogens with two attached hydrogens (primary N) is 1. The first kappa shape index (κ1) is 13.7. The molecule has 1 aromatic carbocycles. The third-order valence-electron chi connectivity index (χ3n) is 2.82. The lowest BCUT2D eigenvalue weighted by Gasteiger charge is -2.26. The van der Waals surface area contributed by atoms with Crippen molar-refractivity contribution in [2.45, 2.75) is 40.2 Å².